The third-order valence-corrected chi connectivity index (χ3v) is 8.72. The molecule has 0 bridgehead atoms. The van der Waals surface area contributed by atoms with Crippen molar-refractivity contribution in [2.24, 2.45) is 0 Å². The Kier molecular flexibility index (Phi) is 12.4. The van der Waals surface area contributed by atoms with Crippen molar-refractivity contribution in [2.75, 3.05) is 38.2 Å². The Morgan fingerprint density at radius 3 is 2.25 bits per heavy atom. The van der Waals surface area contributed by atoms with E-state index >= 15 is 0 Å². The van der Waals surface area contributed by atoms with E-state index in [9.17, 15) is 22.4 Å². The maximum absolute atomic E-state index is 14.7. The number of benzene rings is 3. The van der Waals surface area contributed by atoms with Crippen molar-refractivity contribution >= 4 is 27.5 Å². The van der Waals surface area contributed by atoms with Gasteiger partial charge in [0, 0.05) is 24.7 Å². The van der Waals surface area contributed by atoms with Crippen molar-refractivity contribution in [1.29, 1.82) is 0 Å². The second-order valence-corrected chi connectivity index (χ2v) is 11.8. The van der Waals surface area contributed by atoms with E-state index in [4.69, 9.17) is 14.2 Å². The van der Waals surface area contributed by atoms with Gasteiger partial charge in [0.05, 0.1) is 31.4 Å². The zero-order chi connectivity index (χ0) is 32.3. The van der Waals surface area contributed by atoms with E-state index in [1.54, 1.807) is 18.2 Å². The molecule has 1 atom stereocenters. The molecule has 0 saturated heterocycles. The Hall–Kier alpha value is -4.32. The smallest absolute Gasteiger partial charge is 0.264 e. The summed E-state index contributed by atoms with van der Waals surface area (Å²) >= 11 is 0. The molecule has 0 fully saturated rings. The number of carbonyl (C=O) groups excluding carboxylic acids is 2. The number of methoxy groups -OCH3 is 2. The molecule has 12 heteroatoms. The Labute approximate surface area is 258 Å². The van der Waals surface area contributed by atoms with E-state index in [-0.39, 0.29) is 28.4 Å². The van der Waals surface area contributed by atoms with Crippen LogP contribution in [0.4, 0.5) is 10.1 Å². The average molecular weight is 630 g/mol. The van der Waals surface area contributed by atoms with Crippen LogP contribution in [-0.2, 0) is 26.2 Å². The van der Waals surface area contributed by atoms with E-state index in [0.717, 1.165) is 17.1 Å². The fourth-order valence-electron chi connectivity index (χ4n) is 4.44. The predicted molar refractivity (Wildman–Crippen MR) is 166 cm³/mol. The fraction of sp³-hybridized carbons (Fsp3) is 0.375. The quantitative estimate of drug-likeness (QED) is 0.227. The van der Waals surface area contributed by atoms with Gasteiger partial charge < -0.3 is 24.4 Å². The van der Waals surface area contributed by atoms with Crippen LogP contribution in [0.25, 0.3) is 0 Å². The van der Waals surface area contributed by atoms with Crippen LogP contribution in [0.1, 0.15) is 39.2 Å². The number of anilines is 1. The van der Waals surface area contributed by atoms with Crippen molar-refractivity contribution in [2.45, 2.75) is 51.1 Å². The van der Waals surface area contributed by atoms with Gasteiger partial charge in [0.1, 0.15) is 24.2 Å². The van der Waals surface area contributed by atoms with Gasteiger partial charge in [0.15, 0.2) is 11.5 Å². The van der Waals surface area contributed by atoms with Gasteiger partial charge in [-0.25, -0.2) is 12.8 Å². The number of ether oxygens (including phenoxy) is 3. The zero-order valence-electron chi connectivity index (χ0n) is 25.7. The van der Waals surface area contributed by atoms with Crippen molar-refractivity contribution in [3.05, 3.63) is 78.1 Å². The number of nitrogens with zero attached hydrogens (tertiary/aromatic N) is 2. The van der Waals surface area contributed by atoms with Crippen LogP contribution in [0.2, 0.25) is 0 Å². The van der Waals surface area contributed by atoms with Crippen LogP contribution >= 0.6 is 0 Å². The van der Waals surface area contributed by atoms with Crippen LogP contribution in [0.3, 0.4) is 0 Å². The van der Waals surface area contributed by atoms with E-state index in [2.05, 4.69) is 5.32 Å². The van der Waals surface area contributed by atoms with Crippen molar-refractivity contribution < 1.29 is 36.6 Å². The predicted octanol–water partition coefficient (Wildman–Crippen LogP) is 4.77. The lowest BCUT2D eigenvalue weighted by molar-refractivity contribution is -0.139. The summed E-state index contributed by atoms with van der Waals surface area (Å²) in [5.74, 6) is -0.656. The third-order valence-electron chi connectivity index (χ3n) is 6.95. The van der Waals surface area contributed by atoms with Gasteiger partial charge in [-0.05, 0) is 62.7 Å². The summed E-state index contributed by atoms with van der Waals surface area (Å²) in [5, 5.41) is 2.80. The lowest BCUT2D eigenvalue weighted by Gasteiger charge is -2.32. The summed E-state index contributed by atoms with van der Waals surface area (Å²) in [6.07, 6.45) is 1.60. The first-order valence-corrected chi connectivity index (χ1v) is 15.8. The van der Waals surface area contributed by atoms with E-state index in [0.29, 0.717) is 24.7 Å². The highest BCUT2D eigenvalue weighted by Crippen LogP contribution is 2.33. The zero-order valence-corrected chi connectivity index (χ0v) is 26.5. The highest BCUT2D eigenvalue weighted by atomic mass is 32.2. The molecule has 0 aliphatic rings. The second kappa shape index (κ2) is 15.9. The Bertz CT molecular complexity index is 1520. The van der Waals surface area contributed by atoms with Gasteiger partial charge in [-0.3, -0.25) is 13.9 Å². The van der Waals surface area contributed by atoms with Gasteiger partial charge in [0.25, 0.3) is 10.0 Å². The van der Waals surface area contributed by atoms with E-state index in [1.807, 2.05) is 13.8 Å². The number of nitrogens with one attached hydrogen (secondary N) is 1. The first-order chi connectivity index (χ1) is 21.1. The average Bonchev–Trinajstić information content (AvgIpc) is 3.03. The molecule has 3 rings (SSSR count). The second-order valence-electron chi connectivity index (χ2n) is 9.89. The summed E-state index contributed by atoms with van der Waals surface area (Å²) < 4.78 is 60.0. The number of sulfonamides is 1. The summed E-state index contributed by atoms with van der Waals surface area (Å²) in [4.78, 5) is 28.1. The fourth-order valence-corrected chi connectivity index (χ4v) is 5.87. The lowest BCUT2D eigenvalue weighted by atomic mass is 10.1. The van der Waals surface area contributed by atoms with Crippen LogP contribution in [0, 0.1) is 5.82 Å². The van der Waals surface area contributed by atoms with Gasteiger partial charge in [-0.2, -0.15) is 0 Å². The van der Waals surface area contributed by atoms with Crippen LogP contribution in [0.15, 0.2) is 71.6 Å². The Balaban J connectivity index is 2.07. The van der Waals surface area contributed by atoms with Gasteiger partial charge in [0.2, 0.25) is 11.8 Å². The van der Waals surface area contributed by atoms with Crippen LogP contribution in [-0.4, -0.2) is 65.1 Å². The molecular weight excluding hydrogens is 589 g/mol. The molecular formula is C32H40FN3O7S. The lowest BCUT2D eigenvalue weighted by Crippen LogP contribution is -2.51. The monoisotopic (exact) mass is 629 g/mol. The number of halogens is 1. The standard InChI is InChI=1S/C32H40FN3O7S/c1-6-8-19-34-32(38)23(3)35(21-24-11-9-10-12-28(24)33)31(37)22-36(25-13-15-26(16-14-25)43-7-2)44(39,40)27-17-18-29(41-4)30(20-27)42-5/h9-18,20,23H,6-8,19,21-22H2,1-5H3,(H,34,38)/t23-/m0/s1. The molecule has 0 unspecified atom stereocenters. The van der Waals surface area contributed by atoms with Crippen LogP contribution in [0.5, 0.6) is 17.2 Å². The highest BCUT2D eigenvalue weighted by molar-refractivity contribution is 7.92. The molecule has 0 heterocycles. The van der Waals surface area contributed by atoms with Gasteiger partial charge in [-0.15, -0.1) is 0 Å². The first-order valence-electron chi connectivity index (χ1n) is 14.4. The maximum Gasteiger partial charge on any atom is 0.264 e. The van der Waals surface area contributed by atoms with Crippen LogP contribution < -0.4 is 23.8 Å². The van der Waals surface area contributed by atoms with E-state index in [1.165, 1.54) is 74.6 Å². The topological polar surface area (TPSA) is 114 Å². The Morgan fingerprint density at radius 2 is 1.64 bits per heavy atom. The summed E-state index contributed by atoms with van der Waals surface area (Å²) in [5.41, 5.74) is 0.368. The Morgan fingerprint density at radius 1 is 0.955 bits per heavy atom. The number of amides is 2. The van der Waals surface area contributed by atoms with E-state index < -0.39 is 40.2 Å². The normalized spacial score (nSPS) is 11.8. The van der Waals surface area contributed by atoms with Crippen molar-refractivity contribution in [1.82, 2.24) is 10.2 Å². The SMILES string of the molecule is CCCCNC(=O)[C@H](C)N(Cc1ccccc1F)C(=O)CN(c1ccc(OCC)cc1)S(=O)(=O)c1ccc(OC)c(OC)c1. The molecule has 0 spiro atoms. The number of carbonyl (C=O) groups is 2. The maximum atomic E-state index is 14.7. The molecule has 10 nitrogen and oxygen atoms in total. The minimum atomic E-state index is -4.38. The van der Waals surface area contributed by atoms with Gasteiger partial charge in [-0.1, -0.05) is 31.5 Å². The summed E-state index contributed by atoms with van der Waals surface area (Å²) in [6, 6.07) is 15.3. The summed E-state index contributed by atoms with van der Waals surface area (Å²) in [7, 11) is -1.56. The number of rotatable bonds is 16. The minimum Gasteiger partial charge on any atom is -0.494 e. The molecule has 0 aliphatic carbocycles. The minimum absolute atomic E-state index is 0.150. The molecule has 3 aromatic rings. The molecule has 0 saturated carbocycles. The largest absolute Gasteiger partial charge is 0.494 e. The molecule has 0 aliphatic heterocycles. The third kappa shape index (κ3) is 8.40. The number of hydrogen-bond acceptors (Lipinski definition) is 7. The van der Waals surface area contributed by atoms with Gasteiger partial charge >= 0.3 is 0 Å². The summed E-state index contributed by atoms with van der Waals surface area (Å²) in [6.45, 7) is 5.24. The highest BCUT2D eigenvalue weighted by Gasteiger charge is 2.33. The number of unbranched alkanes of at least 4 members (excludes halogenated alkanes) is 1. The molecule has 1 N–H and O–H groups in total. The molecule has 3 aromatic carbocycles. The molecule has 0 radical (unpaired) electrons. The first kappa shape index (κ1) is 34.2. The molecule has 44 heavy (non-hydrogen) atoms. The molecule has 0 aromatic heterocycles. The van der Waals surface area contributed by atoms with Crippen molar-refractivity contribution in [3.8, 4) is 17.2 Å². The molecule has 2 amide bonds. The van der Waals surface area contributed by atoms with Crippen molar-refractivity contribution in [3.63, 3.8) is 0 Å². The number of hydrogen-bond donors (Lipinski definition) is 1. The molecule has 238 valence electrons.